The fourth-order valence-corrected chi connectivity index (χ4v) is 3.87. The molecule has 1 fully saturated rings. The first-order chi connectivity index (χ1) is 9.34. The quantitative estimate of drug-likeness (QED) is 0.803. The highest BCUT2D eigenvalue weighted by molar-refractivity contribution is 7.89. The Bertz CT molecular complexity index is 656. The zero-order chi connectivity index (χ0) is 14.9. The van der Waals surface area contributed by atoms with Gasteiger partial charge in [-0.15, -0.1) is 0 Å². The molecule has 1 unspecified atom stereocenters. The smallest absolute Gasteiger partial charge is 0.337 e. The summed E-state index contributed by atoms with van der Waals surface area (Å²) in [6.07, 6.45) is 0.351. The molecule has 1 aromatic carbocycles. The fourth-order valence-electron chi connectivity index (χ4n) is 2.19. The van der Waals surface area contributed by atoms with Crippen LogP contribution in [0.4, 0.5) is 0 Å². The van der Waals surface area contributed by atoms with Gasteiger partial charge in [0.25, 0.3) is 0 Å². The molecule has 0 bridgehead atoms. The molecule has 108 valence electrons. The monoisotopic (exact) mass is 298 g/mol. The number of rotatable bonds is 4. The van der Waals surface area contributed by atoms with Crippen molar-refractivity contribution in [1.29, 1.82) is 0 Å². The predicted molar refractivity (Wildman–Crippen MR) is 69.5 cm³/mol. The number of primary amides is 1. The number of carboxylic acid groups (broad SMARTS) is 1. The molecule has 3 N–H and O–H groups in total. The summed E-state index contributed by atoms with van der Waals surface area (Å²) in [5.41, 5.74) is 4.88. The molecule has 0 aromatic heterocycles. The van der Waals surface area contributed by atoms with Gasteiger partial charge in [-0.3, -0.25) is 4.79 Å². The van der Waals surface area contributed by atoms with Crippen molar-refractivity contribution in [1.82, 2.24) is 4.31 Å². The van der Waals surface area contributed by atoms with Crippen LogP contribution in [0.5, 0.6) is 0 Å². The second-order valence-corrected chi connectivity index (χ2v) is 6.46. The zero-order valence-corrected chi connectivity index (χ0v) is 11.3. The number of hydrogen-bond donors (Lipinski definition) is 2. The number of carbonyl (C=O) groups excluding carboxylic acids is 1. The number of amides is 1. The van der Waals surface area contributed by atoms with Crippen molar-refractivity contribution in [2.45, 2.75) is 11.3 Å². The Labute approximate surface area is 116 Å². The molecule has 8 heteroatoms. The second kappa shape index (κ2) is 5.22. The van der Waals surface area contributed by atoms with Crippen LogP contribution in [0.25, 0.3) is 0 Å². The molecule has 0 spiro atoms. The zero-order valence-electron chi connectivity index (χ0n) is 10.5. The lowest BCUT2D eigenvalue weighted by Gasteiger charge is -2.17. The molecule has 1 aliphatic rings. The summed E-state index contributed by atoms with van der Waals surface area (Å²) in [6, 6.07) is 5.40. The van der Waals surface area contributed by atoms with Gasteiger partial charge in [0, 0.05) is 13.1 Å². The summed E-state index contributed by atoms with van der Waals surface area (Å²) in [7, 11) is -3.94. The van der Waals surface area contributed by atoms with Gasteiger partial charge < -0.3 is 10.8 Å². The number of nitrogens with two attached hydrogens (primary N) is 1. The number of aromatic carboxylic acids is 1. The minimum absolute atomic E-state index is 0.00831. The van der Waals surface area contributed by atoms with E-state index in [-0.39, 0.29) is 23.5 Å². The Morgan fingerprint density at radius 1 is 1.30 bits per heavy atom. The summed E-state index contributed by atoms with van der Waals surface area (Å²) in [6.45, 7) is 0.148. The summed E-state index contributed by atoms with van der Waals surface area (Å²) >= 11 is 0. The van der Waals surface area contributed by atoms with Crippen LogP contribution >= 0.6 is 0 Å². The molecule has 1 aromatic rings. The SMILES string of the molecule is NC(=O)C1CCN(S(=O)(=O)c2ccccc2C(=O)O)C1. The highest BCUT2D eigenvalue weighted by Gasteiger charge is 2.36. The van der Waals surface area contributed by atoms with Crippen LogP contribution in [0.1, 0.15) is 16.8 Å². The molecule has 1 aliphatic heterocycles. The molecule has 0 aliphatic carbocycles. The molecule has 1 heterocycles. The summed E-state index contributed by atoms with van der Waals surface area (Å²) in [5, 5.41) is 9.05. The van der Waals surface area contributed by atoms with Crippen LogP contribution in [0, 0.1) is 5.92 Å². The fraction of sp³-hybridized carbons (Fsp3) is 0.333. The van der Waals surface area contributed by atoms with Gasteiger partial charge in [0.1, 0.15) is 0 Å². The van der Waals surface area contributed by atoms with Gasteiger partial charge in [0.05, 0.1) is 16.4 Å². The van der Waals surface area contributed by atoms with Crippen LogP contribution in [0.2, 0.25) is 0 Å². The van der Waals surface area contributed by atoms with E-state index in [1.807, 2.05) is 0 Å². The molecule has 7 nitrogen and oxygen atoms in total. The largest absolute Gasteiger partial charge is 0.478 e. The van der Waals surface area contributed by atoms with E-state index >= 15 is 0 Å². The third-order valence-corrected chi connectivity index (χ3v) is 5.21. The highest BCUT2D eigenvalue weighted by Crippen LogP contribution is 2.26. The summed E-state index contributed by atoms with van der Waals surface area (Å²) < 4.78 is 26.0. The Hall–Kier alpha value is -1.93. The van der Waals surface area contributed by atoms with E-state index in [1.54, 1.807) is 0 Å². The number of nitrogens with zero attached hydrogens (tertiary/aromatic N) is 1. The van der Waals surface area contributed by atoms with Gasteiger partial charge >= 0.3 is 5.97 Å². The van der Waals surface area contributed by atoms with Crippen LogP contribution in [0.15, 0.2) is 29.2 Å². The lowest BCUT2D eigenvalue weighted by atomic mass is 10.1. The van der Waals surface area contributed by atoms with E-state index in [9.17, 15) is 18.0 Å². The third kappa shape index (κ3) is 2.52. The molecule has 1 amide bonds. The van der Waals surface area contributed by atoms with Crippen molar-refractivity contribution in [3.05, 3.63) is 29.8 Å². The first-order valence-electron chi connectivity index (χ1n) is 5.96. The van der Waals surface area contributed by atoms with Crippen molar-refractivity contribution in [2.75, 3.05) is 13.1 Å². The Morgan fingerprint density at radius 3 is 2.50 bits per heavy atom. The Balaban J connectivity index is 2.37. The van der Waals surface area contributed by atoms with E-state index in [4.69, 9.17) is 10.8 Å². The van der Waals surface area contributed by atoms with Crippen molar-refractivity contribution in [3.63, 3.8) is 0 Å². The lowest BCUT2D eigenvalue weighted by molar-refractivity contribution is -0.121. The number of benzene rings is 1. The van der Waals surface area contributed by atoms with E-state index in [1.165, 1.54) is 24.3 Å². The maximum absolute atomic E-state index is 12.4. The molecular formula is C12H14N2O5S. The average Bonchev–Trinajstić information content (AvgIpc) is 2.89. The van der Waals surface area contributed by atoms with Gasteiger partial charge in [-0.1, -0.05) is 12.1 Å². The topological polar surface area (TPSA) is 118 Å². The van der Waals surface area contributed by atoms with Crippen LogP contribution < -0.4 is 5.73 Å². The molecule has 2 rings (SSSR count). The van der Waals surface area contributed by atoms with Crippen molar-refractivity contribution < 1.29 is 23.1 Å². The number of carbonyl (C=O) groups is 2. The van der Waals surface area contributed by atoms with Gasteiger partial charge in [-0.25, -0.2) is 13.2 Å². The van der Waals surface area contributed by atoms with E-state index in [2.05, 4.69) is 0 Å². The Kier molecular flexibility index (Phi) is 3.78. The number of hydrogen-bond acceptors (Lipinski definition) is 4. The molecule has 1 saturated heterocycles. The second-order valence-electron chi connectivity index (χ2n) is 4.55. The maximum atomic E-state index is 12.4. The average molecular weight is 298 g/mol. The van der Waals surface area contributed by atoms with Crippen LogP contribution in [-0.2, 0) is 14.8 Å². The molecular weight excluding hydrogens is 284 g/mol. The van der Waals surface area contributed by atoms with E-state index in [0.717, 1.165) is 4.31 Å². The molecule has 20 heavy (non-hydrogen) atoms. The molecule has 0 radical (unpaired) electrons. The van der Waals surface area contributed by atoms with Gasteiger partial charge in [-0.05, 0) is 18.6 Å². The van der Waals surface area contributed by atoms with E-state index < -0.39 is 27.8 Å². The van der Waals surface area contributed by atoms with Crippen molar-refractivity contribution >= 4 is 21.9 Å². The third-order valence-electron chi connectivity index (χ3n) is 3.29. The first kappa shape index (κ1) is 14.5. The highest BCUT2D eigenvalue weighted by atomic mass is 32.2. The maximum Gasteiger partial charge on any atom is 0.337 e. The van der Waals surface area contributed by atoms with Gasteiger partial charge in [-0.2, -0.15) is 4.31 Å². The van der Waals surface area contributed by atoms with Crippen molar-refractivity contribution in [2.24, 2.45) is 11.7 Å². The minimum Gasteiger partial charge on any atom is -0.478 e. The lowest BCUT2D eigenvalue weighted by Crippen LogP contribution is -2.32. The van der Waals surface area contributed by atoms with Crippen LogP contribution in [0.3, 0.4) is 0 Å². The number of sulfonamides is 1. The molecule has 0 saturated carbocycles. The number of carboxylic acids is 1. The molecule has 1 atom stereocenters. The van der Waals surface area contributed by atoms with Crippen LogP contribution in [-0.4, -0.2) is 42.8 Å². The predicted octanol–water partition coefficient (Wildman–Crippen LogP) is -0.119. The summed E-state index contributed by atoms with van der Waals surface area (Å²) in [4.78, 5) is 21.9. The van der Waals surface area contributed by atoms with Gasteiger partial charge in [0.15, 0.2) is 0 Å². The standard InChI is InChI=1S/C12H14N2O5S/c13-11(15)8-5-6-14(7-8)20(18,19)10-4-2-1-3-9(10)12(16)17/h1-4,8H,5-7H2,(H2,13,15)(H,16,17). The first-order valence-corrected chi connectivity index (χ1v) is 7.40. The summed E-state index contributed by atoms with van der Waals surface area (Å²) in [5.74, 6) is -2.38. The van der Waals surface area contributed by atoms with E-state index in [0.29, 0.717) is 6.42 Å². The normalized spacial score (nSPS) is 19.9. The van der Waals surface area contributed by atoms with Crippen molar-refractivity contribution in [3.8, 4) is 0 Å². The minimum atomic E-state index is -3.94. The van der Waals surface area contributed by atoms with Gasteiger partial charge in [0.2, 0.25) is 15.9 Å². The Morgan fingerprint density at radius 2 is 1.95 bits per heavy atom.